The zero-order valence-corrected chi connectivity index (χ0v) is 37.4. The van der Waals surface area contributed by atoms with E-state index >= 15 is 0 Å². The number of isocyanates is 1. The number of aromatic nitrogens is 6. The van der Waals surface area contributed by atoms with Crippen molar-refractivity contribution in [3.8, 4) is 0 Å². The number of carbonyl (C=O) groups is 1. The minimum Gasteiger partial charge on any atom is -0.338 e. The predicted octanol–water partition coefficient (Wildman–Crippen LogP) is 8.13. The number of fused-ring (bicyclic) bond motifs is 2. The summed E-state index contributed by atoms with van der Waals surface area (Å²) in [7, 11) is 8.15. The van der Waals surface area contributed by atoms with Crippen LogP contribution in [-0.2, 0) is 31.7 Å². The Balaban J connectivity index is 0.000000189. The van der Waals surface area contributed by atoms with Crippen LogP contribution in [0.4, 0.5) is 27.8 Å². The van der Waals surface area contributed by atoms with E-state index in [1.807, 2.05) is 60.1 Å². The molecule has 0 radical (unpaired) electrons. The standard InChI is InChI=1S/C24H30N6O.C21H25N5.C3H5NO/c1-5-17-13-19(18-9-11-30(12-10-18)24(31)25-6-2)7-8-21(17)29(4)23-14-22-20(15-26-23)27-16-28(22)3;1-4-15-11-17(16-7-9-22-10-8-16)5-6-19(15)26(3)21-12-20-18(13-23-21)24-14-25(20)2;1-2-4-3-5/h7-9,13-16H,5-6,10-12H2,1-4H3,(H,25,31);5-7,11-14,22H,4,8-10H2,1-3H3;2H2,1H3. The van der Waals surface area contributed by atoms with Crippen molar-refractivity contribution >= 4 is 68.3 Å². The molecule has 2 amide bonds. The van der Waals surface area contributed by atoms with Crippen LogP contribution < -0.4 is 20.4 Å². The maximum Gasteiger partial charge on any atom is 0.317 e. The molecule has 4 aromatic heterocycles. The molecule has 62 heavy (non-hydrogen) atoms. The normalized spacial score (nSPS) is 13.5. The number of imidazole rings is 2. The Kier molecular flexibility index (Phi) is 15.4. The summed E-state index contributed by atoms with van der Waals surface area (Å²) in [6.07, 6.45) is 17.1. The van der Waals surface area contributed by atoms with Crippen molar-refractivity contribution in [2.75, 3.05) is 63.2 Å². The van der Waals surface area contributed by atoms with Crippen LogP contribution in [0.2, 0.25) is 0 Å². The van der Waals surface area contributed by atoms with E-state index in [-0.39, 0.29) is 6.03 Å². The van der Waals surface area contributed by atoms with Crippen LogP contribution in [0.5, 0.6) is 0 Å². The van der Waals surface area contributed by atoms with Gasteiger partial charge in [0.25, 0.3) is 0 Å². The van der Waals surface area contributed by atoms with Gasteiger partial charge in [-0.3, -0.25) is 0 Å². The van der Waals surface area contributed by atoms with E-state index in [9.17, 15) is 4.79 Å². The van der Waals surface area contributed by atoms with Gasteiger partial charge in [0.05, 0.1) is 36.1 Å². The fraction of sp³-hybridized carbons (Fsp3) is 0.375. The number of pyridine rings is 2. The molecule has 0 saturated carbocycles. The highest BCUT2D eigenvalue weighted by Crippen LogP contribution is 2.33. The number of hydrogen-bond acceptors (Lipinski definition) is 10. The van der Waals surface area contributed by atoms with Gasteiger partial charge in [-0.15, -0.1) is 0 Å². The first kappa shape index (κ1) is 44.9. The molecule has 6 heterocycles. The largest absolute Gasteiger partial charge is 0.338 e. The van der Waals surface area contributed by atoms with E-state index in [0.717, 1.165) is 84.7 Å². The molecule has 2 aromatic carbocycles. The Bertz CT molecular complexity index is 2600. The average molecular weight is 837 g/mol. The number of aryl methyl sites for hydroxylation is 4. The van der Waals surface area contributed by atoms with E-state index in [4.69, 9.17) is 4.79 Å². The molecule has 0 saturated heterocycles. The lowest BCUT2D eigenvalue weighted by molar-refractivity contribution is 0.203. The Hall–Kier alpha value is -6.63. The van der Waals surface area contributed by atoms with Crippen LogP contribution >= 0.6 is 0 Å². The molecule has 2 aliphatic heterocycles. The molecule has 14 nitrogen and oxygen atoms in total. The van der Waals surface area contributed by atoms with Gasteiger partial charge < -0.3 is 34.5 Å². The van der Waals surface area contributed by atoms with E-state index in [0.29, 0.717) is 19.6 Å². The monoisotopic (exact) mass is 836 g/mol. The first-order valence-electron chi connectivity index (χ1n) is 21.5. The fourth-order valence-electron chi connectivity index (χ4n) is 7.77. The highest BCUT2D eigenvalue weighted by molar-refractivity contribution is 5.82. The Labute approximate surface area is 365 Å². The Morgan fingerprint density at radius 3 is 1.74 bits per heavy atom. The van der Waals surface area contributed by atoms with Crippen molar-refractivity contribution in [2.45, 2.75) is 53.4 Å². The summed E-state index contributed by atoms with van der Waals surface area (Å²) < 4.78 is 4.04. The second kappa shape index (κ2) is 21.2. The van der Waals surface area contributed by atoms with Crippen LogP contribution in [-0.4, -0.2) is 99.4 Å². The van der Waals surface area contributed by atoms with Crippen LogP contribution in [0.25, 0.3) is 33.2 Å². The Morgan fingerprint density at radius 2 is 1.32 bits per heavy atom. The SMILES string of the molecule is CCN=C=O.CCNC(=O)N1CC=C(c2ccc(N(C)c3cc4c(cn3)ncn4C)c(CC)c2)CC1.CCc1cc(C2=CCNCC2)ccc1N(C)c1cc2c(cn1)ncn2C. The predicted molar refractivity (Wildman–Crippen MR) is 252 cm³/mol. The summed E-state index contributed by atoms with van der Waals surface area (Å²) in [6.45, 7) is 12.7. The average Bonchev–Trinajstić information content (AvgIpc) is 3.89. The van der Waals surface area contributed by atoms with Gasteiger partial charge >= 0.3 is 6.03 Å². The first-order chi connectivity index (χ1) is 30.1. The van der Waals surface area contributed by atoms with E-state index in [2.05, 4.69) is 134 Å². The third-order valence-electron chi connectivity index (χ3n) is 11.4. The number of nitrogens with zero attached hydrogens (tertiary/aromatic N) is 10. The van der Waals surface area contributed by atoms with Gasteiger partial charge in [-0.25, -0.2) is 34.5 Å². The van der Waals surface area contributed by atoms with Crippen LogP contribution in [0.15, 0.2) is 90.7 Å². The summed E-state index contributed by atoms with van der Waals surface area (Å²) in [4.78, 5) is 48.5. The molecule has 8 rings (SSSR count). The summed E-state index contributed by atoms with van der Waals surface area (Å²) in [6, 6.07) is 17.6. The van der Waals surface area contributed by atoms with Crippen molar-refractivity contribution in [1.82, 2.24) is 44.6 Å². The highest BCUT2D eigenvalue weighted by Gasteiger charge is 2.19. The van der Waals surface area contributed by atoms with Gasteiger partial charge in [-0.2, -0.15) is 0 Å². The van der Waals surface area contributed by atoms with Gasteiger partial charge in [-0.05, 0) is 104 Å². The zero-order valence-electron chi connectivity index (χ0n) is 37.4. The lowest BCUT2D eigenvalue weighted by Crippen LogP contribution is -2.41. The molecule has 324 valence electrons. The fourth-order valence-corrected chi connectivity index (χ4v) is 7.77. The third kappa shape index (κ3) is 10.4. The van der Waals surface area contributed by atoms with Crippen LogP contribution in [0.1, 0.15) is 62.8 Å². The highest BCUT2D eigenvalue weighted by atomic mass is 16.2. The summed E-state index contributed by atoms with van der Waals surface area (Å²) in [5.74, 6) is 1.83. The molecule has 14 heteroatoms. The molecular formula is C48H60N12O2. The molecule has 0 atom stereocenters. The van der Waals surface area contributed by atoms with Crippen molar-refractivity contribution in [1.29, 1.82) is 0 Å². The number of amides is 2. The molecule has 0 aliphatic carbocycles. The Morgan fingerprint density at radius 1 is 0.774 bits per heavy atom. The third-order valence-corrected chi connectivity index (χ3v) is 11.4. The quantitative estimate of drug-likeness (QED) is 0.103. The molecule has 6 aromatic rings. The maximum absolute atomic E-state index is 12.1. The van der Waals surface area contributed by atoms with Crippen molar-refractivity contribution < 1.29 is 9.59 Å². The lowest BCUT2D eigenvalue weighted by atomic mass is 9.96. The number of anilines is 4. The number of aliphatic imine (C=N–C) groups is 1. The molecule has 2 aliphatic rings. The number of benzene rings is 2. The zero-order chi connectivity index (χ0) is 44.2. The molecule has 0 unspecified atom stereocenters. The van der Waals surface area contributed by atoms with Crippen LogP contribution in [0.3, 0.4) is 0 Å². The minimum atomic E-state index is 0.0157. The van der Waals surface area contributed by atoms with Crippen molar-refractivity contribution in [2.24, 2.45) is 19.1 Å². The number of hydrogen-bond donors (Lipinski definition) is 2. The summed E-state index contributed by atoms with van der Waals surface area (Å²) >= 11 is 0. The van der Waals surface area contributed by atoms with Gasteiger partial charge in [0.1, 0.15) is 22.7 Å². The molecule has 2 N–H and O–H groups in total. The molecule has 0 fully saturated rings. The number of carbonyl (C=O) groups excluding carboxylic acids is 2. The molecular weight excluding hydrogens is 777 g/mol. The minimum absolute atomic E-state index is 0.0157. The topological polar surface area (TPSA) is 142 Å². The second-order valence-electron chi connectivity index (χ2n) is 15.3. The lowest BCUT2D eigenvalue weighted by Gasteiger charge is -2.27. The van der Waals surface area contributed by atoms with Gasteiger partial charge in [0, 0.05) is 84.4 Å². The molecule has 0 spiro atoms. The summed E-state index contributed by atoms with van der Waals surface area (Å²) in [5, 5.41) is 6.26. The van der Waals surface area contributed by atoms with Crippen molar-refractivity contribution in [3.05, 3.63) is 108 Å². The van der Waals surface area contributed by atoms with E-state index in [1.54, 1.807) is 6.92 Å². The van der Waals surface area contributed by atoms with Crippen molar-refractivity contribution in [3.63, 3.8) is 0 Å². The maximum atomic E-state index is 12.1. The first-order valence-corrected chi connectivity index (χ1v) is 21.5. The van der Waals surface area contributed by atoms with Gasteiger partial charge in [-0.1, -0.05) is 38.1 Å². The number of nitrogens with one attached hydrogen (secondary N) is 2. The molecule has 0 bridgehead atoms. The smallest absolute Gasteiger partial charge is 0.317 e. The second-order valence-corrected chi connectivity index (χ2v) is 15.3. The van der Waals surface area contributed by atoms with E-state index < -0.39 is 0 Å². The van der Waals surface area contributed by atoms with Crippen LogP contribution in [0, 0.1) is 0 Å². The number of rotatable bonds is 10. The van der Waals surface area contributed by atoms with Gasteiger partial charge in [0.15, 0.2) is 0 Å². The van der Waals surface area contributed by atoms with E-state index in [1.165, 1.54) is 45.2 Å². The number of urea groups is 1. The van der Waals surface area contributed by atoms with Gasteiger partial charge in [0.2, 0.25) is 6.08 Å². The summed E-state index contributed by atoms with van der Waals surface area (Å²) in [5.41, 5.74) is 14.3.